The van der Waals surface area contributed by atoms with E-state index in [4.69, 9.17) is 4.42 Å². The van der Waals surface area contributed by atoms with Crippen molar-refractivity contribution in [2.45, 2.75) is 19.3 Å². The molecule has 2 aromatic carbocycles. The average Bonchev–Trinajstić information content (AvgIpc) is 3.43. The van der Waals surface area contributed by atoms with Crippen LogP contribution in [0.3, 0.4) is 0 Å². The molecule has 1 fully saturated rings. The minimum atomic E-state index is -0.618. The fourth-order valence-electron chi connectivity index (χ4n) is 4.56. The van der Waals surface area contributed by atoms with Gasteiger partial charge in [0.2, 0.25) is 5.91 Å². The van der Waals surface area contributed by atoms with Crippen molar-refractivity contribution in [2.75, 3.05) is 26.2 Å². The van der Waals surface area contributed by atoms with E-state index in [0.717, 1.165) is 16.5 Å². The largest absolute Gasteiger partial charge is 0.463 e. The van der Waals surface area contributed by atoms with E-state index in [0.29, 0.717) is 43.2 Å². The zero-order valence-electron chi connectivity index (χ0n) is 19.4. The van der Waals surface area contributed by atoms with Crippen LogP contribution >= 0.6 is 0 Å². The molecular weight excluding hydrogens is 426 g/mol. The van der Waals surface area contributed by atoms with Crippen molar-refractivity contribution in [3.05, 3.63) is 90.2 Å². The first kappa shape index (κ1) is 21.9. The van der Waals surface area contributed by atoms with Crippen LogP contribution in [0.25, 0.3) is 22.4 Å². The Bertz CT molecular complexity index is 1320. The van der Waals surface area contributed by atoms with Crippen LogP contribution in [-0.4, -0.2) is 52.8 Å². The van der Waals surface area contributed by atoms with Gasteiger partial charge in [-0.15, -0.1) is 0 Å². The van der Waals surface area contributed by atoms with Crippen LogP contribution in [0.5, 0.6) is 0 Å². The Morgan fingerprint density at radius 2 is 1.53 bits per heavy atom. The molecule has 0 saturated carbocycles. The van der Waals surface area contributed by atoms with E-state index < -0.39 is 5.41 Å². The molecule has 0 unspecified atom stereocenters. The molecule has 1 aliphatic heterocycles. The molecule has 6 nitrogen and oxygen atoms in total. The smallest absolute Gasteiger partial charge is 0.254 e. The number of amides is 2. The third-order valence-electron chi connectivity index (χ3n) is 6.60. The van der Waals surface area contributed by atoms with E-state index in [1.54, 1.807) is 18.4 Å². The van der Waals surface area contributed by atoms with Crippen LogP contribution in [0.2, 0.25) is 0 Å². The van der Waals surface area contributed by atoms with Gasteiger partial charge in [0.15, 0.2) is 5.76 Å². The van der Waals surface area contributed by atoms with Crippen LogP contribution in [0, 0.1) is 0 Å². The maximum Gasteiger partial charge on any atom is 0.254 e. The molecule has 0 spiro atoms. The number of hydrogen-bond acceptors (Lipinski definition) is 4. The van der Waals surface area contributed by atoms with Gasteiger partial charge in [0.25, 0.3) is 5.91 Å². The van der Waals surface area contributed by atoms with Crippen molar-refractivity contribution in [1.82, 2.24) is 14.8 Å². The number of benzene rings is 2. The zero-order chi connectivity index (χ0) is 23.7. The highest BCUT2D eigenvalue weighted by Gasteiger charge is 2.36. The normalized spacial score (nSPS) is 14.4. The fourth-order valence-corrected chi connectivity index (χ4v) is 4.56. The number of fused-ring (bicyclic) bond motifs is 1. The van der Waals surface area contributed by atoms with Crippen molar-refractivity contribution in [2.24, 2.45) is 0 Å². The molecule has 3 heterocycles. The number of nitrogens with zero attached hydrogens (tertiary/aromatic N) is 3. The fraction of sp³-hybridized carbons (Fsp3) is 0.250. The van der Waals surface area contributed by atoms with Gasteiger partial charge in [0, 0.05) is 31.6 Å². The number of carbonyl (C=O) groups is 2. The zero-order valence-corrected chi connectivity index (χ0v) is 19.4. The molecule has 0 aliphatic carbocycles. The minimum absolute atomic E-state index is 0.0548. The standard InChI is InChI=1S/C28H27N3O3/c1-28(2,20-9-4-3-5-10-20)27(33)31-16-14-30(15-17-31)26(32)22-19-24(25-13-8-18-34-25)29-23-12-7-6-11-21(22)23/h3-13,18-19H,14-17H2,1-2H3. The Kier molecular flexibility index (Phi) is 5.65. The van der Waals surface area contributed by atoms with Gasteiger partial charge < -0.3 is 14.2 Å². The second-order valence-electron chi connectivity index (χ2n) is 9.12. The van der Waals surface area contributed by atoms with Crippen molar-refractivity contribution in [1.29, 1.82) is 0 Å². The molecule has 4 aromatic rings. The molecule has 0 N–H and O–H groups in total. The lowest BCUT2D eigenvalue weighted by molar-refractivity contribution is -0.137. The molecule has 2 aromatic heterocycles. The molecule has 6 heteroatoms. The van der Waals surface area contributed by atoms with E-state index in [1.807, 2.05) is 84.3 Å². The van der Waals surface area contributed by atoms with Crippen LogP contribution in [0.15, 0.2) is 83.5 Å². The number of rotatable bonds is 4. The molecule has 2 amide bonds. The Balaban J connectivity index is 1.36. The van der Waals surface area contributed by atoms with Gasteiger partial charge in [-0.2, -0.15) is 0 Å². The second kappa shape index (κ2) is 8.78. The minimum Gasteiger partial charge on any atom is -0.463 e. The molecule has 1 aliphatic rings. The van der Waals surface area contributed by atoms with E-state index in [1.165, 1.54) is 0 Å². The van der Waals surface area contributed by atoms with Crippen molar-refractivity contribution >= 4 is 22.7 Å². The number of carbonyl (C=O) groups excluding carboxylic acids is 2. The molecule has 0 atom stereocenters. The molecular formula is C28H27N3O3. The first-order valence-electron chi connectivity index (χ1n) is 11.5. The highest BCUT2D eigenvalue weighted by Crippen LogP contribution is 2.28. The summed E-state index contributed by atoms with van der Waals surface area (Å²) in [6, 6.07) is 22.9. The predicted octanol–water partition coefficient (Wildman–Crippen LogP) is 4.76. The maximum absolute atomic E-state index is 13.6. The third-order valence-corrected chi connectivity index (χ3v) is 6.60. The van der Waals surface area contributed by atoms with Gasteiger partial charge in [0.1, 0.15) is 5.69 Å². The summed E-state index contributed by atoms with van der Waals surface area (Å²) < 4.78 is 5.53. The quantitative estimate of drug-likeness (QED) is 0.447. The van der Waals surface area contributed by atoms with Crippen LogP contribution in [0.1, 0.15) is 29.8 Å². The van der Waals surface area contributed by atoms with Crippen LogP contribution in [-0.2, 0) is 10.2 Å². The summed E-state index contributed by atoms with van der Waals surface area (Å²) in [5.74, 6) is 0.652. The summed E-state index contributed by atoms with van der Waals surface area (Å²) in [6.07, 6.45) is 1.60. The number of hydrogen-bond donors (Lipinski definition) is 0. The lowest BCUT2D eigenvalue weighted by atomic mass is 9.83. The summed E-state index contributed by atoms with van der Waals surface area (Å²) in [6.45, 7) is 5.91. The van der Waals surface area contributed by atoms with Gasteiger partial charge in [0.05, 0.1) is 22.8 Å². The number of piperazine rings is 1. The second-order valence-corrected chi connectivity index (χ2v) is 9.12. The molecule has 5 rings (SSSR count). The molecule has 0 radical (unpaired) electrons. The van der Waals surface area contributed by atoms with E-state index in [-0.39, 0.29) is 11.8 Å². The Labute approximate surface area is 198 Å². The van der Waals surface area contributed by atoms with E-state index in [2.05, 4.69) is 4.98 Å². The Morgan fingerprint density at radius 3 is 2.24 bits per heavy atom. The Morgan fingerprint density at radius 1 is 0.853 bits per heavy atom. The molecule has 1 saturated heterocycles. The van der Waals surface area contributed by atoms with Crippen molar-refractivity contribution < 1.29 is 14.0 Å². The maximum atomic E-state index is 13.6. The molecule has 0 bridgehead atoms. The first-order chi connectivity index (χ1) is 16.4. The summed E-state index contributed by atoms with van der Waals surface area (Å²) in [4.78, 5) is 35.3. The van der Waals surface area contributed by atoms with Crippen molar-refractivity contribution in [3.8, 4) is 11.5 Å². The number of pyridine rings is 1. The van der Waals surface area contributed by atoms with Gasteiger partial charge in [-0.25, -0.2) is 4.98 Å². The van der Waals surface area contributed by atoms with E-state index >= 15 is 0 Å². The van der Waals surface area contributed by atoms with Crippen LogP contribution < -0.4 is 0 Å². The summed E-state index contributed by atoms with van der Waals surface area (Å²) in [5, 5.41) is 0.812. The number of para-hydroxylation sites is 1. The first-order valence-corrected chi connectivity index (χ1v) is 11.5. The number of furan rings is 1. The summed E-state index contributed by atoms with van der Waals surface area (Å²) in [7, 11) is 0. The Hall–Kier alpha value is -3.93. The van der Waals surface area contributed by atoms with Gasteiger partial charge in [-0.3, -0.25) is 9.59 Å². The van der Waals surface area contributed by atoms with Crippen molar-refractivity contribution in [3.63, 3.8) is 0 Å². The number of aromatic nitrogens is 1. The highest BCUT2D eigenvalue weighted by molar-refractivity contribution is 6.07. The average molecular weight is 454 g/mol. The SMILES string of the molecule is CC(C)(C(=O)N1CCN(C(=O)c2cc(-c3ccco3)nc3ccccc23)CC1)c1ccccc1. The lowest BCUT2D eigenvalue weighted by Crippen LogP contribution is -2.54. The van der Waals surface area contributed by atoms with Gasteiger partial charge >= 0.3 is 0 Å². The lowest BCUT2D eigenvalue weighted by Gasteiger charge is -2.39. The van der Waals surface area contributed by atoms with Gasteiger partial charge in [-0.05, 0) is 43.7 Å². The molecule has 172 valence electrons. The third kappa shape index (κ3) is 3.96. The predicted molar refractivity (Wildman–Crippen MR) is 131 cm³/mol. The van der Waals surface area contributed by atoms with E-state index in [9.17, 15) is 9.59 Å². The van der Waals surface area contributed by atoms with Gasteiger partial charge in [-0.1, -0.05) is 48.5 Å². The topological polar surface area (TPSA) is 66.7 Å². The monoisotopic (exact) mass is 453 g/mol. The molecule has 34 heavy (non-hydrogen) atoms. The summed E-state index contributed by atoms with van der Waals surface area (Å²) in [5.41, 5.74) is 2.35. The summed E-state index contributed by atoms with van der Waals surface area (Å²) >= 11 is 0. The highest BCUT2D eigenvalue weighted by atomic mass is 16.3. The van der Waals surface area contributed by atoms with Crippen LogP contribution in [0.4, 0.5) is 0 Å².